The van der Waals surface area contributed by atoms with Crippen LogP contribution in [0.5, 0.6) is 0 Å². The molecule has 0 aliphatic heterocycles. The summed E-state index contributed by atoms with van der Waals surface area (Å²) in [5.74, 6) is -0.0145. The van der Waals surface area contributed by atoms with E-state index < -0.39 is 0 Å². The van der Waals surface area contributed by atoms with Gasteiger partial charge in [-0.15, -0.1) is 5.10 Å². The number of amides is 1. The fraction of sp³-hybridized carbons (Fsp3) is 0.261. The molecule has 0 fully saturated rings. The Hall–Kier alpha value is -3.21. The number of fused-ring (bicyclic) bond motifs is 1. The summed E-state index contributed by atoms with van der Waals surface area (Å²) >= 11 is 0. The first-order valence-corrected chi connectivity index (χ1v) is 9.67. The number of aryl methyl sites for hydroxylation is 1. The molecule has 0 spiro atoms. The lowest BCUT2D eigenvalue weighted by atomic mass is 9.87. The van der Waals surface area contributed by atoms with Gasteiger partial charge < -0.3 is 4.90 Å². The Labute approximate surface area is 165 Å². The van der Waals surface area contributed by atoms with Gasteiger partial charge in [-0.05, 0) is 42.0 Å². The fourth-order valence-electron chi connectivity index (χ4n) is 3.80. The molecule has 1 heterocycles. The van der Waals surface area contributed by atoms with Crippen molar-refractivity contribution in [2.75, 3.05) is 7.05 Å². The first-order chi connectivity index (χ1) is 13.7. The Morgan fingerprint density at radius 3 is 2.82 bits per heavy atom. The van der Waals surface area contributed by atoms with Gasteiger partial charge in [0.05, 0.1) is 18.8 Å². The summed E-state index contributed by atoms with van der Waals surface area (Å²) < 4.78 is 1.78. The highest BCUT2D eigenvalue weighted by molar-refractivity contribution is 5.91. The average molecular weight is 372 g/mol. The molecule has 4 rings (SSSR count). The minimum Gasteiger partial charge on any atom is -0.335 e. The second-order valence-corrected chi connectivity index (χ2v) is 7.22. The molecule has 0 saturated heterocycles. The largest absolute Gasteiger partial charge is 0.335 e. The van der Waals surface area contributed by atoms with Gasteiger partial charge in [-0.3, -0.25) is 4.79 Å². The van der Waals surface area contributed by atoms with Crippen LogP contribution in [-0.2, 0) is 17.8 Å². The molecule has 0 bridgehead atoms. The van der Waals surface area contributed by atoms with Crippen molar-refractivity contribution in [2.45, 2.75) is 31.8 Å². The van der Waals surface area contributed by atoms with Crippen molar-refractivity contribution in [3.05, 3.63) is 89.3 Å². The Morgan fingerprint density at radius 1 is 1.18 bits per heavy atom. The lowest BCUT2D eigenvalue weighted by Crippen LogP contribution is -2.32. The van der Waals surface area contributed by atoms with Gasteiger partial charge in [-0.2, -0.15) is 0 Å². The van der Waals surface area contributed by atoms with E-state index in [9.17, 15) is 4.79 Å². The second-order valence-electron chi connectivity index (χ2n) is 7.22. The highest BCUT2D eigenvalue weighted by Gasteiger charge is 2.25. The zero-order valence-electron chi connectivity index (χ0n) is 16.0. The van der Waals surface area contributed by atoms with Gasteiger partial charge in [0.25, 0.3) is 0 Å². The van der Waals surface area contributed by atoms with E-state index in [1.807, 2.05) is 36.3 Å². The van der Waals surface area contributed by atoms with Crippen molar-refractivity contribution in [1.82, 2.24) is 19.9 Å². The van der Waals surface area contributed by atoms with Crippen LogP contribution in [0.2, 0.25) is 0 Å². The van der Waals surface area contributed by atoms with Crippen LogP contribution in [0, 0.1) is 0 Å². The van der Waals surface area contributed by atoms with Crippen LogP contribution in [-0.4, -0.2) is 32.8 Å². The summed E-state index contributed by atoms with van der Waals surface area (Å²) in [5, 5.41) is 8.29. The molecule has 0 saturated carbocycles. The Kier molecular flexibility index (Phi) is 5.33. The third kappa shape index (κ3) is 4.03. The lowest BCUT2D eigenvalue weighted by Gasteiger charge is -2.32. The summed E-state index contributed by atoms with van der Waals surface area (Å²) in [7, 11) is 1.88. The molecule has 3 aromatic rings. The summed E-state index contributed by atoms with van der Waals surface area (Å²) in [6.45, 7) is 0.661. The van der Waals surface area contributed by atoms with Crippen LogP contribution >= 0.6 is 0 Å². The maximum absolute atomic E-state index is 12.7. The number of nitrogens with zero attached hydrogens (tertiary/aromatic N) is 4. The standard InChI is InChI=1S/C23H24N4O/c1-26(22-13-7-11-19-10-5-6-12-21(19)22)23(28)15-14-20-17-27(25-24-20)16-18-8-3-2-4-9-18/h2-6,8-10,12,14-15,17,22H,7,11,13,16H2,1H3/b15-14-/t22-/m1/s1. The maximum Gasteiger partial charge on any atom is 0.246 e. The Balaban J connectivity index is 1.42. The smallest absolute Gasteiger partial charge is 0.246 e. The summed E-state index contributed by atoms with van der Waals surface area (Å²) in [5.41, 5.74) is 4.47. The topological polar surface area (TPSA) is 51.0 Å². The predicted octanol–water partition coefficient (Wildman–Crippen LogP) is 3.88. The number of aromatic nitrogens is 3. The number of carbonyl (C=O) groups is 1. The van der Waals surface area contributed by atoms with E-state index in [0.717, 1.165) is 24.8 Å². The van der Waals surface area contributed by atoms with Crippen LogP contribution in [0.15, 0.2) is 66.9 Å². The van der Waals surface area contributed by atoms with Gasteiger partial charge in [0.15, 0.2) is 0 Å². The number of benzene rings is 2. The van der Waals surface area contributed by atoms with E-state index in [-0.39, 0.29) is 11.9 Å². The minimum absolute atomic E-state index is 0.0145. The van der Waals surface area contributed by atoms with Crippen LogP contribution < -0.4 is 0 Å². The molecule has 142 valence electrons. The van der Waals surface area contributed by atoms with E-state index in [4.69, 9.17) is 0 Å². The molecule has 5 heteroatoms. The summed E-state index contributed by atoms with van der Waals surface area (Å²) in [6, 6.07) is 18.7. The first kappa shape index (κ1) is 18.2. The molecule has 1 amide bonds. The molecule has 1 aromatic heterocycles. The molecule has 1 aliphatic rings. The summed E-state index contributed by atoms with van der Waals surface area (Å²) in [4.78, 5) is 14.5. The molecular formula is C23H24N4O. The molecule has 28 heavy (non-hydrogen) atoms. The van der Waals surface area contributed by atoms with Crippen LogP contribution in [0.4, 0.5) is 0 Å². The fourth-order valence-corrected chi connectivity index (χ4v) is 3.80. The van der Waals surface area contributed by atoms with Crippen LogP contribution in [0.25, 0.3) is 6.08 Å². The molecule has 2 aromatic carbocycles. The average Bonchev–Trinajstić information content (AvgIpc) is 3.19. The van der Waals surface area contributed by atoms with Crippen LogP contribution in [0.3, 0.4) is 0 Å². The van der Waals surface area contributed by atoms with E-state index in [1.165, 1.54) is 11.1 Å². The van der Waals surface area contributed by atoms with Crippen molar-refractivity contribution in [3.8, 4) is 0 Å². The SMILES string of the molecule is CN(C(=O)/C=C\c1cn(Cc2ccccc2)nn1)[C@@H]1CCCc2ccccc21. The zero-order valence-corrected chi connectivity index (χ0v) is 16.0. The maximum atomic E-state index is 12.7. The molecule has 5 nitrogen and oxygen atoms in total. The monoisotopic (exact) mass is 372 g/mol. The quantitative estimate of drug-likeness (QED) is 0.639. The number of likely N-dealkylation sites (N-methyl/N-ethyl adjacent to an activating group) is 1. The number of carbonyl (C=O) groups excluding carboxylic acids is 1. The van der Waals surface area contributed by atoms with Gasteiger partial charge >= 0.3 is 0 Å². The van der Waals surface area contributed by atoms with E-state index in [2.05, 4.69) is 46.7 Å². The molecule has 0 radical (unpaired) electrons. The van der Waals surface area contributed by atoms with Gasteiger partial charge in [0, 0.05) is 13.1 Å². The highest BCUT2D eigenvalue weighted by atomic mass is 16.2. The van der Waals surface area contributed by atoms with Gasteiger partial charge in [-0.1, -0.05) is 59.8 Å². The van der Waals surface area contributed by atoms with Gasteiger partial charge in [-0.25, -0.2) is 4.68 Å². The zero-order chi connectivity index (χ0) is 19.3. The predicted molar refractivity (Wildman–Crippen MR) is 109 cm³/mol. The second kappa shape index (κ2) is 8.21. The number of hydrogen-bond donors (Lipinski definition) is 0. The number of rotatable bonds is 5. The van der Waals surface area contributed by atoms with E-state index in [1.54, 1.807) is 16.8 Å². The van der Waals surface area contributed by atoms with Crippen molar-refractivity contribution in [1.29, 1.82) is 0 Å². The van der Waals surface area contributed by atoms with Crippen molar-refractivity contribution in [3.63, 3.8) is 0 Å². The molecule has 0 unspecified atom stereocenters. The Morgan fingerprint density at radius 2 is 1.96 bits per heavy atom. The van der Waals surface area contributed by atoms with Gasteiger partial charge in [0.1, 0.15) is 5.69 Å². The molecule has 1 aliphatic carbocycles. The highest BCUT2D eigenvalue weighted by Crippen LogP contribution is 2.33. The third-order valence-electron chi connectivity index (χ3n) is 5.29. The first-order valence-electron chi connectivity index (χ1n) is 9.67. The normalized spacial score (nSPS) is 16.1. The number of hydrogen-bond acceptors (Lipinski definition) is 3. The van der Waals surface area contributed by atoms with Crippen LogP contribution in [0.1, 0.15) is 41.3 Å². The van der Waals surface area contributed by atoms with Gasteiger partial charge in [0.2, 0.25) is 5.91 Å². The Bertz CT molecular complexity index is 977. The molecule has 1 atom stereocenters. The molecular weight excluding hydrogens is 348 g/mol. The lowest BCUT2D eigenvalue weighted by molar-refractivity contribution is -0.127. The van der Waals surface area contributed by atoms with E-state index in [0.29, 0.717) is 12.2 Å². The summed E-state index contributed by atoms with van der Waals surface area (Å²) in [6.07, 6.45) is 8.38. The third-order valence-corrected chi connectivity index (χ3v) is 5.29. The minimum atomic E-state index is -0.0145. The van der Waals surface area contributed by atoms with E-state index >= 15 is 0 Å². The van der Waals surface area contributed by atoms with Crippen molar-refractivity contribution in [2.24, 2.45) is 0 Å². The van der Waals surface area contributed by atoms with Crippen molar-refractivity contribution < 1.29 is 4.79 Å². The van der Waals surface area contributed by atoms with Crippen molar-refractivity contribution >= 4 is 12.0 Å². The molecule has 0 N–H and O–H groups in total.